The van der Waals surface area contributed by atoms with Gasteiger partial charge in [0.05, 0.1) is 27.7 Å². The third-order valence-electron chi connectivity index (χ3n) is 4.25. The molecule has 1 aromatic carbocycles. The number of amides is 1. The van der Waals surface area contributed by atoms with E-state index in [1.165, 1.54) is 11.3 Å². The topological polar surface area (TPSA) is 102 Å². The first-order valence-corrected chi connectivity index (χ1v) is 11.0. The predicted molar refractivity (Wildman–Crippen MR) is 102 cm³/mol. The zero-order chi connectivity index (χ0) is 19.7. The SMILES string of the molecule is Cc1nc(-c2ccccc2)c(C(=O)OCC(=O)N[C@]2(C)CCS(=O)(=O)C2)s1. The summed E-state index contributed by atoms with van der Waals surface area (Å²) in [6.07, 6.45) is 0.348. The van der Waals surface area contributed by atoms with Gasteiger partial charge >= 0.3 is 5.97 Å². The summed E-state index contributed by atoms with van der Waals surface area (Å²) in [5.41, 5.74) is 0.498. The van der Waals surface area contributed by atoms with Crippen molar-refractivity contribution in [2.24, 2.45) is 0 Å². The van der Waals surface area contributed by atoms with E-state index in [0.717, 1.165) is 5.56 Å². The minimum absolute atomic E-state index is 0.0458. The van der Waals surface area contributed by atoms with Gasteiger partial charge in [-0.2, -0.15) is 0 Å². The number of benzene rings is 1. The van der Waals surface area contributed by atoms with Crippen molar-refractivity contribution in [2.45, 2.75) is 25.8 Å². The second-order valence-corrected chi connectivity index (χ2v) is 10.2. The van der Waals surface area contributed by atoms with Gasteiger partial charge in [0.25, 0.3) is 5.91 Å². The lowest BCUT2D eigenvalue weighted by Gasteiger charge is -2.23. The van der Waals surface area contributed by atoms with Crippen LogP contribution in [0.3, 0.4) is 0 Å². The lowest BCUT2D eigenvalue weighted by Crippen LogP contribution is -2.48. The van der Waals surface area contributed by atoms with Crippen molar-refractivity contribution < 1.29 is 22.7 Å². The van der Waals surface area contributed by atoms with Gasteiger partial charge in [-0.15, -0.1) is 11.3 Å². The largest absolute Gasteiger partial charge is 0.451 e. The van der Waals surface area contributed by atoms with Crippen LogP contribution >= 0.6 is 11.3 Å². The third-order valence-corrected chi connectivity index (χ3v) is 7.10. The van der Waals surface area contributed by atoms with Gasteiger partial charge in [0.2, 0.25) is 0 Å². The van der Waals surface area contributed by atoms with E-state index >= 15 is 0 Å². The van der Waals surface area contributed by atoms with Crippen molar-refractivity contribution in [3.63, 3.8) is 0 Å². The van der Waals surface area contributed by atoms with E-state index in [-0.39, 0.29) is 11.5 Å². The number of aromatic nitrogens is 1. The molecule has 1 N–H and O–H groups in total. The molecule has 27 heavy (non-hydrogen) atoms. The molecule has 144 valence electrons. The highest BCUT2D eigenvalue weighted by Crippen LogP contribution is 2.28. The Morgan fingerprint density at radius 1 is 1.30 bits per heavy atom. The Labute approximate surface area is 161 Å². The fraction of sp³-hybridized carbons (Fsp3) is 0.389. The summed E-state index contributed by atoms with van der Waals surface area (Å²) in [7, 11) is -3.14. The maximum atomic E-state index is 12.4. The second-order valence-electron chi connectivity index (χ2n) is 6.80. The van der Waals surface area contributed by atoms with Crippen molar-refractivity contribution in [3.8, 4) is 11.3 Å². The lowest BCUT2D eigenvalue weighted by molar-refractivity contribution is -0.125. The van der Waals surface area contributed by atoms with E-state index in [2.05, 4.69) is 10.3 Å². The third kappa shape index (κ3) is 4.72. The molecule has 7 nitrogen and oxygen atoms in total. The van der Waals surface area contributed by atoms with Gasteiger partial charge in [-0.25, -0.2) is 18.2 Å². The molecule has 1 fully saturated rings. The summed E-state index contributed by atoms with van der Waals surface area (Å²) in [6.45, 7) is 3.00. The fourth-order valence-corrected chi connectivity index (χ4v) is 5.96. The number of hydrogen-bond donors (Lipinski definition) is 1. The molecule has 1 saturated heterocycles. The summed E-state index contributed by atoms with van der Waals surface area (Å²) in [4.78, 5) is 29.3. The fourth-order valence-electron chi connectivity index (χ4n) is 3.04. The molecule has 2 heterocycles. The smallest absolute Gasteiger partial charge is 0.351 e. The van der Waals surface area contributed by atoms with Gasteiger partial charge in [0.15, 0.2) is 16.4 Å². The Morgan fingerprint density at radius 3 is 2.63 bits per heavy atom. The van der Waals surface area contributed by atoms with Crippen LogP contribution in [0.4, 0.5) is 0 Å². The van der Waals surface area contributed by atoms with Crippen LogP contribution in [0.1, 0.15) is 28.0 Å². The van der Waals surface area contributed by atoms with E-state index in [1.54, 1.807) is 13.8 Å². The zero-order valence-electron chi connectivity index (χ0n) is 15.0. The number of hydrogen-bond acceptors (Lipinski definition) is 7. The van der Waals surface area contributed by atoms with Crippen LogP contribution in [0.25, 0.3) is 11.3 Å². The number of thiazole rings is 1. The molecular formula is C18H20N2O5S2. The van der Waals surface area contributed by atoms with Crippen molar-refractivity contribution in [1.82, 2.24) is 10.3 Å². The summed E-state index contributed by atoms with van der Waals surface area (Å²) < 4.78 is 28.4. The first-order valence-electron chi connectivity index (χ1n) is 8.39. The molecule has 0 saturated carbocycles. The number of rotatable bonds is 5. The number of sulfone groups is 1. The minimum atomic E-state index is -3.14. The number of aryl methyl sites for hydroxylation is 1. The van der Waals surface area contributed by atoms with E-state index in [1.807, 2.05) is 30.3 Å². The highest BCUT2D eigenvalue weighted by molar-refractivity contribution is 7.91. The quantitative estimate of drug-likeness (QED) is 0.759. The van der Waals surface area contributed by atoms with E-state index in [9.17, 15) is 18.0 Å². The molecule has 2 aromatic rings. The van der Waals surface area contributed by atoms with Crippen molar-refractivity contribution in [3.05, 3.63) is 40.2 Å². The highest BCUT2D eigenvalue weighted by atomic mass is 32.2. The van der Waals surface area contributed by atoms with Crippen LogP contribution in [0, 0.1) is 6.92 Å². The molecule has 1 atom stereocenters. The van der Waals surface area contributed by atoms with Crippen LogP contribution in [0.15, 0.2) is 30.3 Å². The molecule has 1 amide bonds. The first-order chi connectivity index (χ1) is 12.7. The van der Waals surface area contributed by atoms with Crippen LogP contribution in [0.2, 0.25) is 0 Å². The van der Waals surface area contributed by atoms with Crippen molar-refractivity contribution in [1.29, 1.82) is 0 Å². The zero-order valence-corrected chi connectivity index (χ0v) is 16.7. The Hall–Kier alpha value is -2.26. The van der Waals surface area contributed by atoms with E-state index in [4.69, 9.17) is 4.74 Å². The number of nitrogens with one attached hydrogen (secondary N) is 1. The first kappa shape index (κ1) is 19.5. The summed E-state index contributed by atoms with van der Waals surface area (Å²) in [5, 5.41) is 3.38. The lowest BCUT2D eigenvalue weighted by atomic mass is 10.0. The van der Waals surface area contributed by atoms with Crippen molar-refractivity contribution in [2.75, 3.05) is 18.1 Å². The molecule has 1 aromatic heterocycles. The van der Waals surface area contributed by atoms with Gasteiger partial charge in [0, 0.05) is 5.56 Å². The monoisotopic (exact) mass is 408 g/mol. The average molecular weight is 409 g/mol. The molecule has 0 bridgehead atoms. The second kappa shape index (κ2) is 7.40. The maximum absolute atomic E-state index is 12.4. The molecule has 0 radical (unpaired) electrons. The van der Waals surface area contributed by atoms with Gasteiger partial charge in [0.1, 0.15) is 4.88 Å². The standard InChI is InChI=1S/C18H20N2O5S2/c1-12-19-15(13-6-4-3-5-7-13)16(26-12)17(22)25-10-14(21)20-18(2)8-9-27(23,24)11-18/h3-7H,8-11H2,1-2H3,(H,20,21)/t18-/m1/s1. The highest BCUT2D eigenvalue weighted by Gasteiger charge is 2.39. The van der Waals surface area contributed by atoms with Crippen molar-refractivity contribution >= 4 is 33.1 Å². The van der Waals surface area contributed by atoms with Gasteiger partial charge in [-0.1, -0.05) is 30.3 Å². The number of carbonyl (C=O) groups excluding carboxylic acids is 2. The normalized spacial score (nSPS) is 21.0. The molecule has 9 heteroatoms. The Bertz CT molecular complexity index is 969. The summed E-state index contributed by atoms with van der Waals surface area (Å²) in [5.74, 6) is -1.21. The van der Waals surface area contributed by atoms with Crippen LogP contribution in [0.5, 0.6) is 0 Å². The molecule has 1 aliphatic rings. The number of carbonyl (C=O) groups is 2. The van der Waals surface area contributed by atoms with Crippen LogP contribution in [-0.4, -0.2) is 48.9 Å². The molecular weight excluding hydrogens is 388 g/mol. The molecule has 0 spiro atoms. The molecule has 1 aliphatic heterocycles. The molecule has 0 unspecified atom stereocenters. The Morgan fingerprint density at radius 2 is 2.00 bits per heavy atom. The predicted octanol–water partition coefficient (Wildman–Crippen LogP) is 1.97. The summed E-state index contributed by atoms with van der Waals surface area (Å²) in [6, 6.07) is 9.26. The van der Waals surface area contributed by atoms with E-state index < -0.39 is 33.9 Å². The van der Waals surface area contributed by atoms with E-state index in [0.29, 0.717) is 22.0 Å². The van der Waals surface area contributed by atoms with Gasteiger partial charge in [-0.05, 0) is 20.3 Å². The minimum Gasteiger partial charge on any atom is -0.451 e. The maximum Gasteiger partial charge on any atom is 0.351 e. The van der Waals surface area contributed by atoms with Crippen LogP contribution in [-0.2, 0) is 19.4 Å². The molecule has 0 aliphatic carbocycles. The van der Waals surface area contributed by atoms with Crippen LogP contribution < -0.4 is 5.32 Å². The number of esters is 1. The Kier molecular flexibility index (Phi) is 5.34. The average Bonchev–Trinajstić information content (AvgIpc) is 3.12. The van der Waals surface area contributed by atoms with Gasteiger partial charge < -0.3 is 10.1 Å². The number of nitrogens with zero attached hydrogens (tertiary/aromatic N) is 1. The Balaban J connectivity index is 1.64. The molecule has 3 rings (SSSR count). The number of ether oxygens (including phenoxy) is 1. The van der Waals surface area contributed by atoms with Gasteiger partial charge in [-0.3, -0.25) is 4.79 Å². The summed E-state index contributed by atoms with van der Waals surface area (Å²) >= 11 is 1.20.